The maximum Gasteiger partial charge on any atom is 0.408 e. The number of aliphatic hydroxyl groups excluding tert-OH is 2. The van der Waals surface area contributed by atoms with Crippen molar-refractivity contribution >= 4 is 35.2 Å². The Bertz CT molecular complexity index is 1070. The molecule has 0 aromatic heterocycles. The highest BCUT2D eigenvalue weighted by atomic mass is 35.5. The van der Waals surface area contributed by atoms with Crippen LogP contribution >= 0.6 is 11.6 Å². The van der Waals surface area contributed by atoms with Gasteiger partial charge in [-0.15, -0.1) is 0 Å². The molecule has 0 saturated carbocycles. The topological polar surface area (TPSA) is 128 Å². The van der Waals surface area contributed by atoms with Crippen molar-refractivity contribution in [2.24, 2.45) is 0 Å². The van der Waals surface area contributed by atoms with Gasteiger partial charge in [0.15, 0.2) is 0 Å². The van der Waals surface area contributed by atoms with Gasteiger partial charge in [0, 0.05) is 6.54 Å². The van der Waals surface area contributed by atoms with Gasteiger partial charge < -0.3 is 30.5 Å². The van der Waals surface area contributed by atoms with Gasteiger partial charge in [-0.1, -0.05) is 53.6 Å². The van der Waals surface area contributed by atoms with Crippen LogP contribution in [0.3, 0.4) is 0 Å². The molecule has 0 bridgehead atoms. The number of halogens is 1. The van der Waals surface area contributed by atoms with Gasteiger partial charge in [-0.25, -0.2) is 4.79 Å². The van der Waals surface area contributed by atoms with Gasteiger partial charge in [0.25, 0.3) is 5.91 Å². The normalized spacial score (nSPS) is 12.9. The summed E-state index contributed by atoms with van der Waals surface area (Å²) in [4.78, 5) is 40.6. The predicted molar refractivity (Wildman–Crippen MR) is 138 cm³/mol. The minimum Gasteiger partial charge on any atom is -0.444 e. The van der Waals surface area contributed by atoms with E-state index in [9.17, 15) is 24.6 Å². The molecule has 36 heavy (non-hydrogen) atoms. The fourth-order valence-corrected chi connectivity index (χ4v) is 3.87. The number of nitrogens with zero attached hydrogens (tertiary/aromatic N) is 1. The molecule has 2 rings (SSSR count). The number of hydrogen-bond acceptors (Lipinski definition) is 6. The molecule has 2 unspecified atom stereocenters. The van der Waals surface area contributed by atoms with Gasteiger partial charge in [0.1, 0.15) is 17.7 Å². The monoisotopic (exact) mass is 519 g/mol. The van der Waals surface area contributed by atoms with E-state index in [4.69, 9.17) is 16.3 Å². The molecular weight excluding hydrogens is 486 g/mol. The Morgan fingerprint density at radius 2 is 1.75 bits per heavy atom. The molecule has 196 valence electrons. The van der Waals surface area contributed by atoms with E-state index in [0.29, 0.717) is 16.3 Å². The summed E-state index contributed by atoms with van der Waals surface area (Å²) in [5.41, 5.74) is 1.62. The molecule has 0 saturated heterocycles. The second kappa shape index (κ2) is 12.7. The molecule has 2 atom stereocenters. The van der Waals surface area contributed by atoms with E-state index in [1.807, 2.05) is 13.0 Å². The van der Waals surface area contributed by atoms with Crippen LogP contribution in [0.2, 0.25) is 5.02 Å². The van der Waals surface area contributed by atoms with E-state index in [1.165, 1.54) is 0 Å². The molecule has 4 N–H and O–H groups in total. The summed E-state index contributed by atoms with van der Waals surface area (Å²) < 4.78 is 5.20. The molecular formula is C26H34ClN3O6. The smallest absolute Gasteiger partial charge is 0.408 e. The molecule has 0 heterocycles. The van der Waals surface area contributed by atoms with Crippen molar-refractivity contribution in [1.82, 2.24) is 10.2 Å². The minimum absolute atomic E-state index is 0.237. The van der Waals surface area contributed by atoms with Crippen LogP contribution in [0.15, 0.2) is 42.5 Å². The van der Waals surface area contributed by atoms with Gasteiger partial charge in [-0.3, -0.25) is 9.59 Å². The molecule has 9 nitrogen and oxygen atoms in total. The number of ether oxygens (including phenoxy) is 1. The van der Waals surface area contributed by atoms with Crippen molar-refractivity contribution in [1.29, 1.82) is 0 Å². The van der Waals surface area contributed by atoms with Crippen molar-refractivity contribution in [2.45, 2.75) is 52.3 Å². The molecule has 2 aromatic carbocycles. The summed E-state index contributed by atoms with van der Waals surface area (Å²) in [5.74, 6) is -1.34. The lowest BCUT2D eigenvalue weighted by Gasteiger charge is -2.34. The number of aliphatic hydroxyl groups is 2. The minimum atomic E-state index is -1.41. The van der Waals surface area contributed by atoms with E-state index in [2.05, 4.69) is 10.6 Å². The van der Waals surface area contributed by atoms with Crippen molar-refractivity contribution in [2.75, 3.05) is 25.1 Å². The third-order valence-electron chi connectivity index (χ3n) is 5.18. The second-order valence-corrected chi connectivity index (χ2v) is 9.78. The van der Waals surface area contributed by atoms with E-state index < -0.39 is 48.8 Å². The number of carbonyl (C=O) groups is 3. The lowest BCUT2D eigenvalue weighted by atomic mass is 10.0. The van der Waals surface area contributed by atoms with Crippen LogP contribution in [0.1, 0.15) is 43.5 Å². The maximum atomic E-state index is 13.7. The van der Waals surface area contributed by atoms with Crippen LogP contribution in [0.4, 0.5) is 10.5 Å². The van der Waals surface area contributed by atoms with Crippen LogP contribution in [-0.2, 0) is 14.3 Å². The Morgan fingerprint density at radius 3 is 2.31 bits per heavy atom. The fourth-order valence-electron chi connectivity index (χ4n) is 3.60. The first-order valence-corrected chi connectivity index (χ1v) is 11.9. The number of anilines is 1. The van der Waals surface area contributed by atoms with Crippen LogP contribution in [0.25, 0.3) is 0 Å². The second-order valence-electron chi connectivity index (χ2n) is 9.37. The van der Waals surface area contributed by atoms with E-state index in [1.54, 1.807) is 64.1 Å². The summed E-state index contributed by atoms with van der Waals surface area (Å²) in [6.45, 7) is 7.17. The molecule has 3 amide bonds. The number of hydrogen-bond donors (Lipinski definition) is 4. The zero-order valence-electron chi connectivity index (χ0n) is 21.2. The molecule has 0 fully saturated rings. The summed E-state index contributed by atoms with van der Waals surface area (Å²) in [5, 5.41) is 25.1. The maximum absolute atomic E-state index is 13.7. The summed E-state index contributed by atoms with van der Waals surface area (Å²) in [6.07, 6.45) is -0.901. The number of nitrogens with one attached hydrogen (secondary N) is 2. The first kappa shape index (κ1) is 29.1. The quantitative estimate of drug-likeness (QED) is 0.402. The number of carbonyl (C=O) groups excluding carboxylic acids is 3. The van der Waals surface area contributed by atoms with E-state index in [-0.39, 0.29) is 6.54 Å². The summed E-state index contributed by atoms with van der Waals surface area (Å²) in [7, 11) is 0. The number of para-hydroxylation sites is 1. The first-order chi connectivity index (χ1) is 16.9. The van der Waals surface area contributed by atoms with E-state index in [0.717, 1.165) is 16.0 Å². The lowest BCUT2D eigenvalue weighted by Crippen LogP contribution is -2.54. The van der Waals surface area contributed by atoms with Gasteiger partial charge in [-0.05, 0) is 51.8 Å². The highest BCUT2D eigenvalue weighted by Gasteiger charge is 2.36. The number of aryl methyl sites for hydroxylation is 2. The Labute approximate surface area is 216 Å². The summed E-state index contributed by atoms with van der Waals surface area (Å²) >= 11 is 6.31. The largest absolute Gasteiger partial charge is 0.444 e. The number of rotatable bonds is 9. The standard InChI is InChI=1S/C26H34ClN3O6/c1-16-8-6-10-18(14-16)22(23(33)29-21-17(2)9-7-11-19(21)27)30(12-13-31)24(34)20(15-32)28-25(35)36-26(3,4)5/h6-11,14,20,22,31-32H,12-13,15H2,1-5H3,(H,28,35)(H,29,33). The van der Waals surface area contributed by atoms with Crippen LogP contribution < -0.4 is 10.6 Å². The lowest BCUT2D eigenvalue weighted by molar-refractivity contribution is -0.142. The Hall–Kier alpha value is -3.14. The number of amides is 3. The molecule has 0 spiro atoms. The van der Waals surface area contributed by atoms with E-state index >= 15 is 0 Å². The fraction of sp³-hybridized carbons (Fsp3) is 0.423. The Balaban J connectivity index is 2.48. The number of benzene rings is 2. The average Bonchev–Trinajstić information content (AvgIpc) is 2.78. The zero-order valence-corrected chi connectivity index (χ0v) is 21.9. The molecule has 0 radical (unpaired) electrons. The number of alkyl carbamates (subject to hydrolysis) is 1. The summed E-state index contributed by atoms with van der Waals surface area (Å²) in [6, 6.07) is 9.58. The van der Waals surface area contributed by atoms with Gasteiger partial charge in [0.05, 0.1) is 23.9 Å². The van der Waals surface area contributed by atoms with Gasteiger partial charge in [-0.2, -0.15) is 0 Å². The molecule has 2 aromatic rings. The Morgan fingerprint density at radius 1 is 1.08 bits per heavy atom. The Kier molecular flexibility index (Phi) is 10.3. The van der Waals surface area contributed by atoms with Crippen molar-refractivity contribution < 1.29 is 29.3 Å². The highest BCUT2D eigenvalue weighted by Crippen LogP contribution is 2.29. The van der Waals surface area contributed by atoms with Crippen molar-refractivity contribution in [3.05, 3.63) is 64.2 Å². The third kappa shape index (κ3) is 7.94. The van der Waals surface area contributed by atoms with Crippen LogP contribution in [-0.4, -0.2) is 64.4 Å². The van der Waals surface area contributed by atoms with Crippen molar-refractivity contribution in [3.8, 4) is 0 Å². The van der Waals surface area contributed by atoms with Gasteiger partial charge >= 0.3 is 6.09 Å². The average molecular weight is 520 g/mol. The third-order valence-corrected chi connectivity index (χ3v) is 5.50. The van der Waals surface area contributed by atoms with Crippen molar-refractivity contribution in [3.63, 3.8) is 0 Å². The molecule has 0 aliphatic rings. The predicted octanol–water partition coefficient (Wildman–Crippen LogP) is 3.34. The first-order valence-electron chi connectivity index (χ1n) is 11.5. The molecule has 0 aliphatic carbocycles. The van der Waals surface area contributed by atoms with Gasteiger partial charge in [0.2, 0.25) is 5.91 Å². The zero-order chi connectivity index (χ0) is 27.0. The van der Waals surface area contributed by atoms with Crippen LogP contribution in [0, 0.1) is 13.8 Å². The van der Waals surface area contributed by atoms with Crippen LogP contribution in [0.5, 0.6) is 0 Å². The highest BCUT2D eigenvalue weighted by molar-refractivity contribution is 6.34. The molecule has 0 aliphatic heterocycles. The molecule has 10 heteroatoms. The SMILES string of the molecule is Cc1cccc(C(C(=O)Nc2c(C)cccc2Cl)N(CCO)C(=O)C(CO)NC(=O)OC(C)(C)C)c1.